The molecule has 1 unspecified atom stereocenters. The van der Waals surface area contributed by atoms with E-state index in [-0.39, 0.29) is 112 Å². The number of imide groups is 1. The molecule has 2 saturated heterocycles. The molecule has 112 heavy (non-hydrogen) atoms. The fraction of sp³-hybridized carbons (Fsp3) is 0.531. The van der Waals surface area contributed by atoms with Gasteiger partial charge in [-0.1, -0.05) is 45.0 Å². The number of amides is 8. The summed E-state index contributed by atoms with van der Waals surface area (Å²) >= 11 is 0. The number of hydrogen-bond donors (Lipinski definition) is 4. The average molecular weight is 1550 g/mol. The Labute approximate surface area is 653 Å². The van der Waals surface area contributed by atoms with Crippen LogP contribution in [0.2, 0.25) is 0 Å². The van der Waals surface area contributed by atoms with Crippen LogP contribution in [0.5, 0.6) is 23.0 Å². The molecule has 0 saturated carbocycles. The van der Waals surface area contributed by atoms with Gasteiger partial charge in [-0.25, -0.2) is 0 Å². The van der Waals surface area contributed by atoms with Crippen LogP contribution in [0, 0.1) is 11.8 Å². The zero-order chi connectivity index (χ0) is 79.3. The minimum absolute atomic E-state index is 0.0127. The highest BCUT2D eigenvalue weighted by Gasteiger charge is 2.38. The normalized spacial score (nSPS) is 17.8. The third-order valence-electron chi connectivity index (χ3n) is 19.6. The van der Waals surface area contributed by atoms with Crippen molar-refractivity contribution in [2.45, 2.75) is 90.4 Å². The maximum absolute atomic E-state index is 14.2. The second-order valence-corrected chi connectivity index (χ2v) is 28.1. The number of likely N-dealkylation sites (N-methyl/N-ethyl adjacent to an activating group) is 1. The van der Waals surface area contributed by atoms with E-state index in [1.165, 1.54) is 19.9 Å². The molecule has 4 aromatic rings. The molecule has 6 heterocycles. The number of piperazine rings is 1. The lowest BCUT2D eigenvalue weighted by Gasteiger charge is -2.34. The van der Waals surface area contributed by atoms with Gasteiger partial charge in [0.1, 0.15) is 12.1 Å². The molecule has 0 bridgehead atoms. The first-order valence-corrected chi connectivity index (χ1v) is 38.5. The fourth-order valence-corrected chi connectivity index (χ4v) is 13.1. The van der Waals surface area contributed by atoms with Gasteiger partial charge in [-0.05, 0) is 78.6 Å². The van der Waals surface area contributed by atoms with Gasteiger partial charge in [0, 0.05) is 132 Å². The predicted octanol–water partition coefficient (Wildman–Crippen LogP) is 6.25. The van der Waals surface area contributed by atoms with E-state index >= 15 is 0 Å². The average Bonchev–Trinajstić information content (AvgIpc) is 1.62. The molecule has 4 N–H and O–H groups in total. The van der Waals surface area contributed by atoms with Crippen LogP contribution < -0.4 is 45.1 Å². The molecular weight excluding hydrogens is 1450 g/mol. The first-order valence-electron chi connectivity index (χ1n) is 38.5. The molecule has 0 aromatic heterocycles. The highest BCUT2D eigenvalue weighted by molar-refractivity contribution is 6.07. The van der Waals surface area contributed by atoms with Crippen molar-refractivity contribution in [2.24, 2.45) is 21.8 Å². The van der Waals surface area contributed by atoms with Crippen molar-refractivity contribution in [1.29, 1.82) is 0 Å². The van der Waals surface area contributed by atoms with Gasteiger partial charge in [-0.2, -0.15) is 0 Å². The first-order chi connectivity index (χ1) is 54.3. The van der Waals surface area contributed by atoms with Crippen molar-refractivity contribution in [3.05, 3.63) is 107 Å². The molecule has 2 fully saturated rings. The number of aliphatic imine (C=N–C) groups is 2. The molecule has 5 atom stereocenters. The quantitative estimate of drug-likeness (QED) is 0.0280. The Balaban J connectivity index is 0.540. The number of nitrogens with one attached hydrogen (secondary N) is 4. The molecule has 6 aliphatic rings. The van der Waals surface area contributed by atoms with Gasteiger partial charge >= 0.3 is 0 Å². The standard InChI is InChI=1S/C81H107N11O20/c1-54(2)76(87-74(94)18-27-103-29-31-105-33-35-107-37-39-109-41-42-110-40-38-108-36-34-106-32-30-104-28-19-82-73(93)17-20-90-75(95)43-55(3)79(90)98)78(97)85-56(4)77(96)86-61-13-9-57(10-14-61)59-44-63-50-83-67-48-71(69(101-6)46-65(67)80(99)91(63)52-59)111-25-8-26-112-72-49-68-66(47-70(72)102-7)81(100)92-53-60(45-64(92)51-84-68)58-11-15-62(16-12-58)89-23-21-88(5)22-24-89/h9-16,46-56,63-64,76H,8,17-45H2,1-7H3,(H,82,93)(H,85,97)(H,86,96)(H,87,94)/t55?,56-,63-,64-,76-/m0/s1. The Morgan fingerprint density at radius 3 is 1.44 bits per heavy atom. The van der Waals surface area contributed by atoms with E-state index < -0.39 is 23.9 Å². The summed E-state index contributed by atoms with van der Waals surface area (Å²) in [4.78, 5) is 123. The van der Waals surface area contributed by atoms with Crippen molar-refractivity contribution in [3.8, 4) is 23.0 Å². The van der Waals surface area contributed by atoms with Gasteiger partial charge in [0.05, 0.1) is 168 Å². The zero-order valence-electron chi connectivity index (χ0n) is 65.2. The number of carbonyl (C=O) groups excluding carboxylic acids is 8. The molecule has 31 heteroatoms. The summed E-state index contributed by atoms with van der Waals surface area (Å²) in [5.41, 5.74) is 7.28. The smallest absolute Gasteiger partial charge is 0.260 e. The second kappa shape index (κ2) is 43.4. The summed E-state index contributed by atoms with van der Waals surface area (Å²) in [7, 11) is 5.20. The van der Waals surface area contributed by atoms with Crippen LogP contribution in [-0.2, 0) is 66.7 Å². The Morgan fingerprint density at radius 2 is 0.982 bits per heavy atom. The van der Waals surface area contributed by atoms with Crippen molar-refractivity contribution in [2.75, 3.05) is 190 Å². The molecular formula is C81H107N11O20. The van der Waals surface area contributed by atoms with Crippen LogP contribution in [0.4, 0.5) is 22.7 Å². The van der Waals surface area contributed by atoms with E-state index in [4.69, 9.17) is 66.8 Å². The topological polar surface area (TPSA) is 336 Å². The molecule has 606 valence electrons. The van der Waals surface area contributed by atoms with Gasteiger partial charge in [-0.3, -0.25) is 53.2 Å². The highest BCUT2D eigenvalue weighted by Crippen LogP contribution is 2.42. The number of nitrogens with zero attached hydrogens (tertiary/aromatic N) is 7. The number of methoxy groups -OCH3 is 2. The lowest BCUT2D eigenvalue weighted by molar-refractivity contribution is -0.139. The molecule has 6 aliphatic heterocycles. The maximum atomic E-state index is 14.2. The van der Waals surface area contributed by atoms with E-state index in [0.717, 1.165) is 53.4 Å². The van der Waals surface area contributed by atoms with E-state index in [1.807, 2.05) is 30.7 Å². The summed E-state index contributed by atoms with van der Waals surface area (Å²) in [6, 6.07) is 20.1. The number of anilines is 2. The third-order valence-corrected chi connectivity index (χ3v) is 19.6. The molecule has 10 rings (SSSR count). The van der Waals surface area contributed by atoms with Crippen molar-refractivity contribution >= 4 is 93.6 Å². The number of benzene rings is 4. The Hall–Kier alpha value is -9.70. The molecule has 0 radical (unpaired) electrons. The van der Waals surface area contributed by atoms with Crippen molar-refractivity contribution in [3.63, 3.8) is 0 Å². The van der Waals surface area contributed by atoms with Gasteiger partial charge in [0.25, 0.3) is 11.8 Å². The van der Waals surface area contributed by atoms with Crippen LogP contribution in [0.25, 0.3) is 11.1 Å². The second-order valence-electron chi connectivity index (χ2n) is 28.1. The fourth-order valence-electron chi connectivity index (χ4n) is 13.1. The van der Waals surface area contributed by atoms with E-state index in [0.29, 0.717) is 169 Å². The van der Waals surface area contributed by atoms with Gasteiger partial charge in [-0.15, -0.1) is 0 Å². The van der Waals surface area contributed by atoms with Crippen LogP contribution in [0.15, 0.2) is 95.2 Å². The molecule has 31 nitrogen and oxygen atoms in total. The number of rotatable bonds is 47. The largest absolute Gasteiger partial charge is 0.493 e. The monoisotopic (exact) mass is 1550 g/mol. The number of carbonyl (C=O) groups is 8. The SMILES string of the molecule is COc1cc2c(cc1OCCCOc1cc3c(cc1OC)C(=O)N1C=C(c4ccc(N5CCN(C)CC5)cc4)C[C@H]1C=N3)N=C[C@@H]1CC(c3ccc(NC(=O)[C@H](C)NC(=O)[C@@H](NC(=O)CCOCCOCCOCCOCCOCCOCCOCCOCCNC(=O)CCN4C(=O)CC(C)C4=O)C(C)C)cc3)=CN1C2=O. The minimum atomic E-state index is -0.943. The van der Waals surface area contributed by atoms with Crippen LogP contribution in [0.1, 0.15) is 98.1 Å². The summed E-state index contributed by atoms with van der Waals surface area (Å²) in [5, 5.41) is 11.1. The molecule has 0 aliphatic carbocycles. The summed E-state index contributed by atoms with van der Waals surface area (Å²) < 4.78 is 68.1. The van der Waals surface area contributed by atoms with E-state index in [2.05, 4.69) is 62.4 Å². The minimum Gasteiger partial charge on any atom is -0.493 e. The summed E-state index contributed by atoms with van der Waals surface area (Å²) in [6.07, 6.45) is 9.20. The summed E-state index contributed by atoms with van der Waals surface area (Å²) in [5.74, 6) is -1.47. The third kappa shape index (κ3) is 24.4. The lowest BCUT2D eigenvalue weighted by atomic mass is 10.0. The van der Waals surface area contributed by atoms with E-state index in [9.17, 15) is 38.4 Å². The van der Waals surface area contributed by atoms with Gasteiger partial charge in [0.2, 0.25) is 35.4 Å². The Morgan fingerprint density at radius 1 is 0.518 bits per heavy atom. The van der Waals surface area contributed by atoms with Crippen molar-refractivity contribution in [1.82, 2.24) is 35.6 Å². The highest BCUT2D eigenvalue weighted by atomic mass is 16.6. The first kappa shape index (κ1) is 84.7. The van der Waals surface area contributed by atoms with Gasteiger partial charge < -0.3 is 97.7 Å². The van der Waals surface area contributed by atoms with Crippen LogP contribution >= 0.6 is 0 Å². The molecule has 0 spiro atoms. The predicted molar refractivity (Wildman–Crippen MR) is 418 cm³/mol. The number of fused-ring (bicyclic) bond motifs is 4. The summed E-state index contributed by atoms with van der Waals surface area (Å²) in [6.45, 7) is 17.5. The van der Waals surface area contributed by atoms with E-state index in [1.54, 1.807) is 80.1 Å². The van der Waals surface area contributed by atoms with Gasteiger partial charge in [0.15, 0.2) is 23.0 Å². The Kier molecular flexibility index (Phi) is 32.8. The van der Waals surface area contributed by atoms with Crippen molar-refractivity contribution < 1.29 is 95.2 Å². The van der Waals surface area contributed by atoms with Crippen LogP contribution in [0.3, 0.4) is 0 Å². The van der Waals surface area contributed by atoms with Crippen LogP contribution in [-0.4, -0.2) is 283 Å². The molecule has 8 amide bonds. The number of ether oxygens (including phenoxy) is 12. The maximum Gasteiger partial charge on any atom is 0.260 e. The number of likely N-dealkylation sites (tertiary alicyclic amines) is 1. The zero-order valence-corrected chi connectivity index (χ0v) is 65.2. The lowest BCUT2D eigenvalue weighted by Crippen LogP contribution is -2.53. The molecule has 4 aromatic carbocycles. The Bertz CT molecular complexity index is 3980. The number of hydrogen-bond acceptors (Lipinski definition) is 24.